The van der Waals surface area contributed by atoms with E-state index in [1.54, 1.807) is 24.3 Å². The normalized spacial score (nSPS) is 12.2. The molecule has 1 unspecified atom stereocenters. The van der Waals surface area contributed by atoms with E-state index < -0.39 is 30.8 Å². The smallest absolute Gasteiger partial charge is 0.326 e. The molecule has 1 amide bonds. The molecule has 0 aliphatic rings. The van der Waals surface area contributed by atoms with Crippen LogP contribution in [0.2, 0.25) is 0 Å². The number of carboxylic acids is 1. The summed E-state index contributed by atoms with van der Waals surface area (Å²) in [6, 6.07) is 5.27. The van der Waals surface area contributed by atoms with E-state index in [1.165, 1.54) is 0 Å². The van der Waals surface area contributed by atoms with Crippen molar-refractivity contribution >= 4 is 27.8 Å². The lowest BCUT2D eigenvalue weighted by atomic mass is 10.1. The maximum Gasteiger partial charge on any atom is 0.326 e. The van der Waals surface area contributed by atoms with Crippen LogP contribution >= 0.6 is 15.9 Å². The summed E-state index contributed by atoms with van der Waals surface area (Å²) in [5.41, 5.74) is 0.668. The van der Waals surface area contributed by atoms with Crippen LogP contribution in [0, 0.1) is 0 Å². The molecule has 4 nitrogen and oxygen atoms in total. The Bertz CT molecular complexity index is 451. The van der Waals surface area contributed by atoms with E-state index >= 15 is 0 Å². The molecule has 1 aromatic carbocycles. The molecule has 7 heteroatoms. The molecule has 0 spiro atoms. The zero-order chi connectivity index (χ0) is 14.4. The van der Waals surface area contributed by atoms with Gasteiger partial charge in [-0.25, -0.2) is 13.6 Å². The van der Waals surface area contributed by atoms with Crippen LogP contribution < -0.4 is 5.32 Å². The first-order chi connectivity index (χ1) is 8.88. The third kappa shape index (κ3) is 5.78. The molecule has 0 saturated heterocycles. The van der Waals surface area contributed by atoms with Crippen LogP contribution in [0.15, 0.2) is 28.7 Å². The third-order valence-corrected chi connectivity index (χ3v) is 2.85. The Balaban J connectivity index is 2.57. The molecule has 0 saturated carbocycles. The van der Waals surface area contributed by atoms with Gasteiger partial charge in [0.2, 0.25) is 12.3 Å². The van der Waals surface area contributed by atoms with Gasteiger partial charge in [-0.05, 0) is 17.7 Å². The van der Waals surface area contributed by atoms with Gasteiger partial charge < -0.3 is 10.4 Å². The molecule has 1 aromatic rings. The zero-order valence-electron chi connectivity index (χ0n) is 9.78. The fraction of sp³-hybridized carbons (Fsp3) is 0.333. The van der Waals surface area contributed by atoms with E-state index in [4.69, 9.17) is 5.11 Å². The second-order valence-electron chi connectivity index (χ2n) is 3.89. The van der Waals surface area contributed by atoms with Gasteiger partial charge in [0.1, 0.15) is 6.04 Å². The van der Waals surface area contributed by atoms with Gasteiger partial charge in [-0.15, -0.1) is 0 Å². The highest BCUT2D eigenvalue weighted by molar-refractivity contribution is 9.10. The number of carbonyl (C=O) groups is 2. The van der Waals surface area contributed by atoms with Gasteiger partial charge in [0, 0.05) is 10.9 Å². The third-order valence-electron chi connectivity index (χ3n) is 2.33. The van der Waals surface area contributed by atoms with E-state index in [2.05, 4.69) is 21.2 Å². The van der Waals surface area contributed by atoms with Gasteiger partial charge in [-0.3, -0.25) is 4.79 Å². The number of amides is 1. The predicted octanol–water partition coefficient (Wildman–Crippen LogP) is 2.22. The van der Waals surface area contributed by atoms with Gasteiger partial charge in [-0.1, -0.05) is 28.1 Å². The zero-order valence-corrected chi connectivity index (χ0v) is 11.4. The summed E-state index contributed by atoms with van der Waals surface area (Å²) in [5.74, 6) is -2.07. The first-order valence-electron chi connectivity index (χ1n) is 5.43. The number of nitrogens with one attached hydrogen (secondary N) is 1. The molecule has 0 aliphatic heterocycles. The van der Waals surface area contributed by atoms with Crippen LogP contribution in [0.4, 0.5) is 8.78 Å². The summed E-state index contributed by atoms with van der Waals surface area (Å²) in [5, 5.41) is 10.8. The topological polar surface area (TPSA) is 66.4 Å². The van der Waals surface area contributed by atoms with Gasteiger partial charge in [0.25, 0.3) is 0 Å². The Morgan fingerprint density at radius 3 is 2.32 bits per heavy atom. The van der Waals surface area contributed by atoms with Crippen molar-refractivity contribution in [2.45, 2.75) is 25.3 Å². The number of benzene rings is 1. The number of carboxylic acid groups (broad SMARTS) is 1. The fourth-order valence-electron chi connectivity index (χ4n) is 1.43. The minimum absolute atomic E-state index is 0.0553. The SMILES string of the molecule is O=C(Cc1ccc(Br)cc1)NC(CC(F)F)C(=O)O. The van der Waals surface area contributed by atoms with Crippen LogP contribution in [0.1, 0.15) is 12.0 Å². The average molecular weight is 336 g/mol. The van der Waals surface area contributed by atoms with Crippen molar-refractivity contribution in [1.82, 2.24) is 5.32 Å². The highest BCUT2D eigenvalue weighted by atomic mass is 79.9. The second kappa shape index (κ2) is 7.18. The molecule has 2 N–H and O–H groups in total. The van der Waals surface area contributed by atoms with Crippen LogP contribution in [-0.4, -0.2) is 29.5 Å². The van der Waals surface area contributed by atoms with E-state index in [9.17, 15) is 18.4 Å². The summed E-state index contributed by atoms with van der Waals surface area (Å²) in [4.78, 5) is 22.3. The maximum absolute atomic E-state index is 12.1. The molecule has 0 heterocycles. The van der Waals surface area contributed by atoms with Crippen molar-refractivity contribution in [3.05, 3.63) is 34.3 Å². The number of halogens is 3. The van der Waals surface area contributed by atoms with Gasteiger partial charge in [0.15, 0.2) is 0 Å². The lowest BCUT2D eigenvalue weighted by molar-refractivity contribution is -0.142. The first-order valence-corrected chi connectivity index (χ1v) is 6.22. The van der Waals surface area contributed by atoms with Gasteiger partial charge >= 0.3 is 5.97 Å². The molecule has 0 radical (unpaired) electrons. The molecular formula is C12H12BrF2NO3. The predicted molar refractivity (Wildman–Crippen MR) is 68.0 cm³/mol. The van der Waals surface area contributed by atoms with Crippen molar-refractivity contribution in [2.24, 2.45) is 0 Å². The van der Waals surface area contributed by atoms with Crippen molar-refractivity contribution in [3.63, 3.8) is 0 Å². The minimum Gasteiger partial charge on any atom is -0.480 e. The Morgan fingerprint density at radius 2 is 1.84 bits per heavy atom. The van der Waals surface area contributed by atoms with Crippen LogP contribution in [0.5, 0.6) is 0 Å². The second-order valence-corrected chi connectivity index (χ2v) is 4.80. The first kappa shape index (κ1) is 15.6. The van der Waals surface area contributed by atoms with Crippen molar-refractivity contribution in [1.29, 1.82) is 0 Å². The minimum atomic E-state index is -2.78. The Kier molecular flexibility index (Phi) is 5.88. The molecule has 0 aromatic heterocycles. The van der Waals surface area contributed by atoms with E-state index in [-0.39, 0.29) is 6.42 Å². The van der Waals surface area contributed by atoms with Crippen LogP contribution in [-0.2, 0) is 16.0 Å². The van der Waals surface area contributed by atoms with Crippen LogP contribution in [0.25, 0.3) is 0 Å². The number of aliphatic carboxylic acids is 1. The highest BCUT2D eigenvalue weighted by Crippen LogP contribution is 2.11. The van der Waals surface area contributed by atoms with E-state index in [0.29, 0.717) is 5.56 Å². The summed E-state index contributed by atoms with van der Waals surface area (Å²) in [7, 11) is 0. The summed E-state index contributed by atoms with van der Waals surface area (Å²) >= 11 is 3.24. The Labute approximate surface area is 116 Å². The summed E-state index contributed by atoms with van der Waals surface area (Å²) in [6.07, 6.45) is -3.74. The van der Waals surface area contributed by atoms with Crippen LogP contribution in [0.3, 0.4) is 0 Å². The average Bonchev–Trinajstić information content (AvgIpc) is 2.30. The van der Waals surface area contributed by atoms with Gasteiger partial charge in [-0.2, -0.15) is 0 Å². The molecule has 1 atom stereocenters. The van der Waals surface area contributed by atoms with E-state index in [0.717, 1.165) is 4.47 Å². The van der Waals surface area contributed by atoms with Crippen molar-refractivity contribution in [3.8, 4) is 0 Å². The standard InChI is InChI=1S/C12H12BrF2NO3/c13-8-3-1-7(2-4-8)5-11(17)16-9(12(18)19)6-10(14)15/h1-4,9-10H,5-6H2,(H,16,17)(H,18,19). The molecule has 19 heavy (non-hydrogen) atoms. The fourth-order valence-corrected chi connectivity index (χ4v) is 1.70. The molecule has 0 fully saturated rings. The molecule has 104 valence electrons. The summed E-state index contributed by atoms with van der Waals surface area (Å²) < 4.78 is 25.1. The number of hydrogen-bond donors (Lipinski definition) is 2. The monoisotopic (exact) mass is 335 g/mol. The number of alkyl halides is 2. The number of carbonyl (C=O) groups excluding carboxylic acids is 1. The highest BCUT2D eigenvalue weighted by Gasteiger charge is 2.23. The number of hydrogen-bond acceptors (Lipinski definition) is 2. The van der Waals surface area contributed by atoms with Gasteiger partial charge in [0.05, 0.1) is 6.42 Å². The lowest BCUT2D eigenvalue weighted by Gasteiger charge is -2.13. The lowest BCUT2D eigenvalue weighted by Crippen LogP contribution is -2.42. The molecule has 1 rings (SSSR count). The quantitative estimate of drug-likeness (QED) is 0.837. The molecule has 0 bridgehead atoms. The largest absolute Gasteiger partial charge is 0.480 e. The van der Waals surface area contributed by atoms with E-state index in [1.807, 2.05) is 0 Å². The molecular weight excluding hydrogens is 324 g/mol. The van der Waals surface area contributed by atoms with Crippen molar-refractivity contribution < 1.29 is 23.5 Å². The summed E-state index contributed by atoms with van der Waals surface area (Å²) in [6.45, 7) is 0. The Morgan fingerprint density at radius 1 is 1.26 bits per heavy atom. The molecule has 0 aliphatic carbocycles. The van der Waals surface area contributed by atoms with Crippen molar-refractivity contribution in [2.75, 3.05) is 0 Å². The number of rotatable bonds is 6. The Hall–Kier alpha value is -1.50. The maximum atomic E-state index is 12.1.